The van der Waals surface area contributed by atoms with E-state index in [2.05, 4.69) is 36.4 Å². The molecule has 1 aliphatic rings. The van der Waals surface area contributed by atoms with Crippen molar-refractivity contribution in [3.63, 3.8) is 0 Å². The molecule has 1 N–H and O–H groups in total. The second kappa shape index (κ2) is 8.06. The Labute approximate surface area is 164 Å². The summed E-state index contributed by atoms with van der Waals surface area (Å²) < 4.78 is 25.1. The van der Waals surface area contributed by atoms with Crippen molar-refractivity contribution in [1.29, 1.82) is 0 Å². The number of carbonyl (C=O) groups excluding carboxylic acids is 1. The molecule has 8 heteroatoms. The summed E-state index contributed by atoms with van der Waals surface area (Å²) in [5.41, 5.74) is 2.03. The number of sulfone groups is 1. The number of thioether (sulfide) groups is 1. The van der Waals surface area contributed by atoms with E-state index in [1.54, 1.807) is 10.7 Å². The minimum Gasteiger partial charge on any atom is -0.310 e. The number of rotatable bonds is 6. The number of carbonyl (C=O) groups is 1. The third kappa shape index (κ3) is 5.13. The molecular weight excluding hydrogens is 382 g/mol. The Kier molecular flexibility index (Phi) is 5.95. The Morgan fingerprint density at radius 2 is 2.04 bits per heavy atom. The van der Waals surface area contributed by atoms with Crippen molar-refractivity contribution in [1.82, 2.24) is 9.78 Å². The van der Waals surface area contributed by atoms with E-state index in [1.165, 1.54) is 17.3 Å². The van der Waals surface area contributed by atoms with E-state index >= 15 is 0 Å². The first-order valence-corrected chi connectivity index (χ1v) is 11.8. The van der Waals surface area contributed by atoms with E-state index in [9.17, 15) is 13.2 Å². The lowest BCUT2D eigenvalue weighted by Gasteiger charge is -2.13. The molecule has 2 aromatic rings. The van der Waals surface area contributed by atoms with Gasteiger partial charge in [-0.1, -0.05) is 26.0 Å². The average Bonchev–Trinajstić information content (AvgIpc) is 3.15. The molecule has 1 amide bonds. The summed E-state index contributed by atoms with van der Waals surface area (Å²) in [6.45, 7) is 6.13. The van der Waals surface area contributed by atoms with Gasteiger partial charge in [-0.2, -0.15) is 5.10 Å². The smallest absolute Gasteiger partial charge is 0.235 e. The first-order chi connectivity index (χ1) is 12.7. The highest BCUT2D eigenvalue weighted by Crippen LogP contribution is 2.27. The fourth-order valence-electron chi connectivity index (χ4n) is 3.13. The van der Waals surface area contributed by atoms with Gasteiger partial charge in [-0.25, -0.2) is 13.1 Å². The monoisotopic (exact) mass is 407 g/mol. The lowest BCUT2D eigenvalue weighted by Crippen LogP contribution is -2.20. The summed E-state index contributed by atoms with van der Waals surface area (Å²) in [5, 5.41) is 7.27. The molecule has 6 nitrogen and oxygen atoms in total. The van der Waals surface area contributed by atoms with Crippen LogP contribution in [0.4, 0.5) is 5.82 Å². The molecule has 1 atom stereocenters. The molecule has 1 aliphatic heterocycles. The van der Waals surface area contributed by atoms with Crippen LogP contribution in [0.1, 0.15) is 43.5 Å². The summed E-state index contributed by atoms with van der Waals surface area (Å²) in [6, 6.07) is 9.81. The van der Waals surface area contributed by atoms with Crippen LogP contribution in [0.25, 0.3) is 0 Å². The second-order valence-corrected chi connectivity index (χ2v) is 10.5. The zero-order valence-electron chi connectivity index (χ0n) is 15.8. The van der Waals surface area contributed by atoms with E-state index < -0.39 is 9.84 Å². The van der Waals surface area contributed by atoms with Crippen LogP contribution in [-0.4, -0.2) is 41.4 Å². The van der Waals surface area contributed by atoms with Gasteiger partial charge in [0.2, 0.25) is 5.91 Å². The van der Waals surface area contributed by atoms with Gasteiger partial charge in [-0.3, -0.25) is 4.79 Å². The van der Waals surface area contributed by atoms with Gasteiger partial charge in [0.1, 0.15) is 5.82 Å². The van der Waals surface area contributed by atoms with E-state index in [1.807, 2.05) is 19.1 Å². The van der Waals surface area contributed by atoms with E-state index in [-0.39, 0.29) is 29.2 Å². The minimum atomic E-state index is -3.01. The number of benzene rings is 1. The van der Waals surface area contributed by atoms with Crippen molar-refractivity contribution in [2.45, 2.75) is 44.0 Å². The predicted molar refractivity (Wildman–Crippen MR) is 109 cm³/mol. The van der Waals surface area contributed by atoms with Crippen LogP contribution in [0.15, 0.2) is 35.2 Å². The lowest BCUT2D eigenvalue weighted by molar-refractivity contribution is -0.113. The van der Waals surface area contributed by atoms with Crippen molar-refractivity contribution in [2.75, 3.05) is 22.6 Å². The number of anilines is 1. The van der Waals surface area contributed by atoms with Crippen LogP contribution in [0.2, 0.25) is 0 Å². The first-order valence-electron chi connectivity index (χ1n) is 9.03. The summed E-state index contributed by atoms with van der Waals surface area (Å²) in [6.07, 6.45) is 0.531. The topological polar surface area (TPSA) is 81.1 Å². The molecular formula is C19H25N3O3S2. The van der Waals surface area contributed by atoms with Gasteiger partial charge in [-0.15, -0.1) is 11.8 Å². The van der Waals surface area contributed by atoms with Gasteiger partial charge < -0.3 is 5.32 Å². The van der Waals surface area contributed by atoms with Crippen molar-refractivity contribution in [2.24, 2.45) is 0 Å². The number of hydrogen-bond acceptors (Lipinski definition) is 5. The molecule has 0 bridgehead atoms. The van der Waals surface area contributed by atoms with Crippen LogP contribution in [0.3, 0.4) is 0 Å². The molecule has 0 saturated carbocycles. The Morgan fingerprint density at radius 3 is 2.63 bits per heavy atom. The lowest BCUT2D eigenvalue weighted by atomic mass is 10.0. The van der Waals surface area contributed by atoms with Gasteiger partial charge in [0.05, 0.1) is 29.0 Å². The molecule has 1 fully saturated rings. The molecule has 0 aliphatic carbocycles. The standard InChI is InChI=1S/C19H25N3O3S2/c1-13(2)15-4-6-17(7-5-15)26-11-19(23)20-18-10-14(3)21-22(18)16-8-9-27(24,25)12-16/h4-7,10,13,16H,8-9,11-12H2,1-3H3,(H,20,23). The van der Waals surface area contributed by atoms with Gasteiger partial charge in [-0.05, 0) is 37.0 Å². The normalized spacial score (nSPS) is 18.7. The number of hydrogen-bond donors (Lipinski definition) is 1. The first kappa shape index (κ1) is 19.9. The molecule has 1 aromatic carbocycles. The summed E-state index contributed by atoms with van der Waals surface area (Å²) in [4.78, 5) is 13.4. The molecule has 1 saturated heterocycles. The van der Waals surface area contributed by atoms with Gasteiger partial charge in [0.15, 0.2) is 9.84 Å². The molecule has 146 valence electrons. The molecule has 1 unspecified atom stereocenters. The second-order valence-electron chi connectivity index (χ2n) is 7.23. The van der Waals surface area contributed by atoms with Crippen LogP contribution in [0, 0.1) is 6.92 Å². The summed E-state index contributed by atoms with van der Waals surface area (Å²) in [7, 11) is -3.01. The molecule has 27 heavy (non-hydrogen) atoms. The highest BCUT2D eigenvalue weighted by molar-refractivity contribution is 8.00. The highest BCUT2D eigenvalue weighted by Gasteiger charge is 2.31. The van der Waals surface area contributed by atoms with E-state index in [0.717, 1.165) is 10.6 Å². The molecule has 3 rings (SSSR count). The van der Waals surface area contributed by atoms with Gasteiger partial charge in [0.25, 0.3) is 0 Å². The molecule has 2 heterocycles. The Bertz CT molecular complexity index is 918. The zero-order chi connectivity index (χ0) is 19.6. The molecule has 0 radical (unpaired) electrons. The van der Waals surface area contributed by atoms with E-state index in [0.29, 0.717) is 18.2 Å². The fraction of sp³-hybridized carbons (Fsp3) is 0.474. The van der Waals surface area contributed by atoms with Crippen molar-refractivity contribution < 1.29 is 13.2 Å². The van der Waals surface area contributed by atoms with Crippen LogP contribution < -0.4 is 5.32 Å². The average molecular weight is 408 g/mol. The molecule has 1 aromatic heterocycles. The maximum atomic E-state index is 12.4. The Balaban J connectivity index is 1.61. The van der Waals surface area contributed by atoms with Crippen LogP contribution in [-0.2, 0) is 14.6 Å². The number of aromatic nitrogens is 2. The van der Waals surface area contributed by atoms with Crippen molar-refractivity contribution in [3.8, 4) is 0 Å². The van der Waals surface area contributed by atoms with Crippen LogP contribution >= 0.6 is 11.8 Å². The number of nitrogens with zero attached hydrogens (tertiary/aromatic N) is 2. The van der Waals surface area contributed by atoms with E-state index in [4.69, 9.17) is 0 Å². The van der Waals surface area contributed by atoms with Crippen molar-refractivity contribution in [3.05, 3.63) is 41.6 Å². The van der Waals surface area contributed by atoms with Gasteiger partial charge in [0, 0.05) is 11.0 Å². The maximum Gasteiger partial charge on any atom is 0.235 e. The predicted octanol–water partition coefficient (Wildman–Crippen LogP) is 3.41. The third-order valence-electron chi connectivity index (χ3n) is 4.60. The number of nitrogens with one attached hydrogen (secondary N) is 1. The number of amides is 1. The Morgan fingerprint density at radius 1 is 1.33 bits per heavy atom. The van der Waals surface area contributed by atoms with Gasteiger partial charge >= 0.3 is 0 Å². The SMILES string of the molecule is Cc1cc(NC(=O)CSc2ccc(C(C)C)cc2)n(C2CCS(=O)(=O)C2)n1. The third-order valence-corrected chi connectivity index (χ3v) is 7.36. The molecule has 0 spiro atoms. The Hall–Kier alpha value is -1.80. The largest absolute Gasteiger partial charge is 0.310 e. The quantitative estimate of drug-likeness (QED) is 0.742. The van der Waals surface area contributed by atoms with Crippen LogP contribution in [0.5, 0.6) is 0 Å². The van der Waals surface area contributed by atoms with Crippen molar-refractivity contribution >= 4 is 33.3 Å². The minimum absolute atomic E-state index is 0.0773. The summed E-state index contributed by atoms with van der Waals surface area (Å²) >= 11 is 1.48. The highest BCUT2D eigenvalue weighted by atomic mass is 32.2. The maximum absolute atomic E-state index is 12.4. The zero-order valence-corrected chi connectivity index (χ0v) is 17.4. The number of aryl methyl sites for hydroxylation is 1. The fourth-order valence-corrected chi connectivity index (χ4v) is 5.52. The summed E-state index contributed by atoms with van der Waals surface area (Å²) in [5.74, 6) is 1.45.